The van der Waals surface area contributed by atoms with E-state index < -0.39 is 22.5 Å². The highest BCUT2D eigenvalue weighted by Crippen LogP contribution is 2.29. The highest BCUT2D eigenvalue weighted by atomic mass is 35.5. The maximum atomic E-state index is 12.6. The summed E-state index contributed by atoms with van der Waals surface area (Å²) in [5.41, 5.74) is 0.958. The third kappa shape index (κ3) is 5.65. The summed E-state index contributed by atoms with van der Waals surface area (Å²) in [6, 6.07) is 15.7. The van der Waals surface area contributed by atoms with E-state index in [1.165, 1.54) is 31.4 Å². The van der Waals surface area contributed by atoms with Gasteiger partial charge in [0.2, 0.25) is 0 Å². The smallest absolute Gasteiger partial charge is 0.387 e. The summed E-state index contributed by atoms with van der Waals surface area (Å²) in [6.45, 7) is -3.09. The van der Waals surface area contributed by atoms with E-state index in [-0.39, 0.29) is 26.9 Å². The third-order valence-electron chi connectivity index (χ3n) is 4.18. The fraction of sp³-hybridized carbons (Fsp3) is 0.0952. The van der Waals surface area contributed by atoms with Gasteiger partial charge in [0.1, 0.15) is 11.5 Å². The number of nitrogens with one attached hydrogen (secondary N) is 2. The molecule has 0 saturated heterocycles. The number of hydrogen-bond donors (Lipinski definition) is 2. The van der Waals surface area contributed by atoms with Crippen LogP contribution in [0.2, 0.25) is 5.02 Å². The van der Waals surface area contributed by atoms with Crippen molar-refractivity contribution in [1.82, 2.24) is 0 Å². The van der Waals surface area contributed by atoms with Crippen LogP contribution in [0.5, 0.6) is 11.5 Å². The van der Waals surface area contributed by atoms with Gasteiger partial charge in [-0.15, -0.1) is 0 Å². The van der Waals surface area contributed by atoms with Gasteiger partial charge in [0.25, 0.3) is 15.9 Å². The lowest BCUT2D eigenvalue weighted by Gasteiger charge is -2.12. The van der Waals surface area contributed by atoms with Crippen LogP contribution >= 0.6 is 11.6 Å². The minimum atomic E-state index is -4.07. The molecular weight excluding hydrogens is 466 g/mol. The number of sulfonamides is 1. The predicted molar refractivity (Wildman–Crippen MR) is 116 cm³/mol. The van der Waals surface area contributed by atoms with Crippen LogP contribution in [0.15, 0.2) is 71.6 Å². The lowest BCUT2D eigenvalue weighted by atomic mass is 10.2. The lowest BCUT2D eigenvalue weighted by molar-refractivity contribution is -0.0498. The Balaban J connectivity index is 1.72. The van der Waals surface area contributed by atoms with Crippen molar-refractivity contribution in [2.45, 2.75) is 11.5 Å². The van der Waals surface area contributed by atoms with Gasteiger partial charge < -0.3 is 14.8 Å². The van der Waals surface area contributed by atoms with Crippen molar-refractivity contribution < 1.29 is 31.5 Å². The number of alkyl halides is 2. The number of methoxy groups -OCH3 is 1. The molecule has 3 rings (SSSR count). The number of hydrogen-bond acceptors (Lipinski definition) is 5. The van der Waals surface area contributed by atoms with Crippen molar-refractivity contribution >= 4 is 38.9 Å². The third-order valence-corrected chi connectivity index (χ3v) is 5.86. The zero-order valence-corrected chi connectivity index (χ0v) is 18.1. The van der Waals surface area contributed by atoms with Crippen molar-refractivity contribution in [3.05, 3.63) is 77.3 Å². The van der Waals surface area contributed by atoms with Crippen LogP contribution < -0.4 is 19.5 Å². The Morgan fingerprint density at radius 2 is 1.69 bits per heavy atom. The first-order chi connectivity index (χ1) is 15.2. The largest absolute Gasteiger partial charge is 0.495 e. The molecule has 0 aliphatic carbocycles. The SMILES string of the molecule is COc1ccccc1NC(=O)c1ccc(NS(=O)(=O)c2ccc(OC(F)F)c(Cl)c2)cc1. The van der Waals surface area contributed by atoms with E-state index in [1.807, 2.05) is 0 Å². The quantitative estimate of drug-likeness (QED) is 0.471. The molecule has 1 amide bonds. The van der Waals surface area contributed by atoms with E-state index in [0.29, 0.717) is 11.4 Å². The van der Waals surface area contributed by atoms with E-state index in [0.717, 1.165) is 18.2 Å². The average molecular weight is 483 g/mol. The standard InChI is InChI=1S/C21H17ClF2N2O5S/c1-30-19-5-3-2-4-17(19)25-20(27)13-6-8-14(9-7-13)26-32(28,29)15-10-11-18(16(22)12-15)31-21(23)24/h2-12,21,26H,1H3,(H,25,27). The molecule has 0 aliphatic heterocycles. The average Bonchev–Trinajstić information content (AvgIpc) is 2.75. The number of rotatable bonds is 8. The molecular formula is C21H17ClF2N2O5S. The van der Waals surface area contributed by atoms with Crippen LogP contribution in [0.25, 0.3) is 0 Å². The number of halogens is 3. The first-order valence-corrected chi connectivity index (χ1v) is 10.9. The number of carbonyl (C=O) groups excluding carboxylic acids is 1. The number of ether oxygens (including phenoxy) is 2. The Bertz CT molecular complexity index is 1220. The van der Waals surface area contributed by atoms with Gasteiger partial charge in [0.15, 0.2) is 0 Å². The Hall–Kier alpha value is -3.37. The maximum absolute atomic E-state index is 12.6. The first-order valence-electron chi connectivity index (χ1n) is 9.01. The molecule has 0 radical (unpaired) electrons. The van der Waals surface area contributed by atoms with Gasteiger partial charge in [-0.25, -0.2) is 8.42 Å². The van der Waals surface area contributed by atoms with Crippen LogP contribution in [0.3, 0.4) is 0 Å². The Kier molecular flexibility index (Phi) is 7.16. The van der Waals surface area contributed by atoms with E-state index in [4.69, 9.17) is 16.3 Å². The molecule has 0 atom stereocenters. The van der Waals surface area contributed by atoms with Crippen molar-refractivity contribution in [1.29, 1.82) is 0 Å². The zero-order chi connectivity index (χ0) is 23.3. The van der Waals surface area contributed by atoms with Gasteiger partial charge in [-0.05, 0) is 54.6 Å². The van der Waals surface area contributed by atoms with Crippen molar-refractivity contribution in [2.24, 2.45) is 0 Å². The molecule has 0 fully saturated rings. The molecule has 3 aromatic rings. The molecule has 168 valence electrons. The van der Waals surface area contributed by atoms with Gasteiger partial charge in [0, 0.05) is 11.3 Å². The van der Waals surface area contributed by atoms with Gasteiger partial charge in [-0.2, -0.15) is 8.78 Å². The van der Waals surface area contributed by atoms with Crippen LogP contribution in [-0.4, -0.2) is 28.0 Å². The highest BCUT2D eigenvalue weighted by molar-refractivity contribution is 7.92. The molecule has 7 nitrogen and oxygen atoms in total. The van der Waals surface area contributed by atoms with Crippen molar-refractivity contribution in [3.8, 4) is 11.5 Å². The summed E-state index contributed by atoms with van der Waals surface area (Å²) >= 11 is 5.82. The van der Waals surface area contributed by atoms with E-state index >= 15 is 0 Å². The molecule has 11 heteroatoms. The van der Waals surface area contributed by atoms with E-state index in [9.17, 15) is 22.0 Å². The summed E-state index contributed by atoms with van der Waals surface area (Å²) in [7, 11) is -2.58. The predicted octanol–water partition coefficient (Wildman–Crippen LogP) is 5.00. The second-order valence-electron chi connectivity index (χ2n) is 6.31. The number of para-hydroxylation sites is 2. The minimum absolute atomic E-state index is 0.183. The van der Waals surface area contributed by atoms with Gasteiger partial charge >= 0.3 is 6.61 Å². The van der Waals surface area contributed by atoms with Crippen molar-refractivity contribution in [2.75, 3.05) is 17.1 Å². The molecule has 0 aliphatic rings. The normalized spacial score (nSPS) is 11.2. The van der Waals surface area contributed by atoms with Gasteiger partial charge in [-0.3, -0.25) is 9.52 Å². The summed E-state index contributed by atoms with van der Waals surface area (Å²) in [5, 5.41) is 2.43. The number of benzene rings is 3. The fourth-order valence-electron chi connectivity index (χ4n) is 2.69. The molecule has 3 aromatic carbocycles. The van der Waals surface area contributed by atoms with Gasteiger partial charge in [-0.1, -0.05) is 23.7 Å². The second kappa shape index (κ2) is 9.84. The zero-order valence-electron chi connectivity index (χ0n) is 16.5. The Morgan fingerprint density at radius 1 is 1.00 bits per heavy atom. The van der Waals surface area contributed by atoms with Crippen LogP contribution in [0.1, 0.15) is 10.4 Å². The Labute approximate surface area is 188 Å². The summed E-state index contributed by atoms with van der Waals surface area (Å²) < 4.78 is 61.5. The molecule has 2 N–H and O–H groups in total. The second-order valence-corrected chi connectivity index (χ2v) is 8.40. The molecule has 0 saturated carbocycles. The Morgan fingerprint density at radius 3 is 2.31 bits per heavy atom. The maximum Gasteiger partial charge on any atom is 0.387 e. The number of amides is 1. The van der Waals surface area contributed by atoms with Crippen molar-refractivity contribution in [3.63, 3.8) is 0 Å². The summed E-state index contributed by atoms with van der Waals surface area (Å²) in [6.07, 6.45) is 0. The summed E-state index contributed by atoms with van der Waals surface area (Å²) in [5.74, 6) is -0.259. The fourth-order valence-corrected chi connectivity index (χ4v) is 4.06. The highest BCUT2D eigenvalue weighted by Gasteiger charge is 2.18. The number of anilines is 2. The van der Waals surface area contributed by atoms with Crippen LogP contribution in [-0.2, 0) is 10.0 Å². The molecule has 0 spiro atoms. The molecule has 0 unspecified atom stereocenters. The summed E-state index contributed by atoms with van der Waals surface area (Å²) in [4.78, 5) is 12.2. The van der Waals surface area contributed by atoms with E-state index in [2.05, 4.69) is 14.8 Å². The molecule has 32 heavy (non-hydrogen) atoms. The topological polar surface area (TPSA) is 93.7 Å². The molecule has 0 heterocycles. The van der Waals surface area contributed by atoms with Crippen LogP contribution in [0.4, 0.5) is 20.2 Å². The van der Waals surface area contributed by atoms with E-state index in [1.54, 1.807) is 24.3 Å². The monoisotopic (exact) mass is 482 g/mol. The minimum Gasteiger partial charge on any atom is -0.495 e. The molecule has 0 aromatic heterocycles. The van der Waals surface area contributed by atoms with Gasteiger partial charge in [0.05, 0.1) is 22.7 Å². The number of carbonyl (C=O) groups is 1. The lowest BCUT2D eigenvalue weighted by Crippen LogP contribution is -2.14. The first kappa shape index (κ1) is 23.3. The van der Waals surface area contributed by atoms with Crippen LogP contribution in [0, 0.1) is 0 Å². The molecule has 0 bridgehead atoms.